The zero-order chi connectivity index (χ0) is 24.8. The molecule has 0 amide bonds. The molecule has 0 N–H and O–H groups in total. The lowest BCUT2D eigenvalue weighted by Gasteiger charge is -2.33. The normalized spacial score (nSPS) is 16.6. The number of benzene rings is 2. The highest BCUT2D eigenvalue weighted by atomic mass is 35.5. The number of aliphatic imine (C=N–C) groups is 1. The summed E-state index contributed by atoms with van der Waals surface area (Å²) in [6.45, 7) is 6.93. The first-order valence-electron chi connectivity index (χ1n) is 11.4. The van der Waals surface area contributed by atoms with Crippen molar-refractivity contribution >= 4 is 34.5 Å². The van der Waals surface area contributed by atoms with Crippen LogP contribution in [-0.4, -0.2) is 42.5 Å². The fourth-order valence-electron chi connectivity index (χ4n) is 3.85. The average Bonchev–Trinajstić information content (AvgIpc) is 3.31. The Morgan fingerprint density at radius 3 is 2.54 bits per heavy atom. The predicted octanol–water partition coefficient (Wildman–Crippen LogP) is 5.96. The SMILES string of the molecule is CCOC(=O)C1=C(C)N=C2SC=CN2[C@H]1c1ccc(OCCOc2ccccc2Cl)c(OCC)c1. The number of carbonyl (C=O) groups excluding carboxylic acids is 1. The van der Waals surface area contributed by atoms with Crippen LogP contribution in [0.1, 0.15) is 32.4 Å². The van der Waals surface area contributed by atoms with Crippen LogP contribution in [0.15, 0.2) is 70.3 Å². The average molecular weight is 515 g/mol. The van der Waals surface area contributed by atoms with Crippen LogP contribution in [0, 0.1) is 0 Å². The molecule has 0 bridgehead atoms. The maximum Gasteiger partial charge on any atom is 0.338 e. The number of hydrogen-bond acceptors (Lipinski definition) is 8. The molecule has 2 aromatic carbocycles. The lowest BCUT2D eigenvalue weighted by Crippen LogP contribution is -2.34. The molecule has 7 nitrogen and oxygen atoms in total. The minimum absolute atomic E-state index is 0.288. The van der Waals surface area contributed by atoms with E-state index >= 15 is 0 Å². The van der Waals surface area contributed by atoms with Crippen molar-refractivity contribution < 1.29 is 23.7 Å². The molecule has 0 saturated heterocycles. The van der Waals surface area contributed by atoms with Crippen molar-refractivity contribution in [2.45, 2.75) is 26.8 Å². The van der Waals surface area contributed by atoms with E-state index < -0.39 is 0 Å². The predicted molar refractivity (Wildman–Crippen MR) is 138 cm³/mol. The van der Waals surface area contributed by atoms with Crippen LogP contribution in [0.2, 0.25) is 5.02 Å². The number of esters is 1. The molecule has 0 aromatic heterocycles. The number of carbonyl (C=O) groups is 1. The fraction of sp³-hybridized carbons (Fsp3) is 0.308. The molecule has 0 spiro atoms. The minimum atomic E-state index is -0.385. The molecule has 0 aliphatic carbocycles. The smallest absolute Gasteiger partial charge is 0.338 e. The van der Waals surface area contributed by atoms with Gasteiger partial charge in [0, 0.05) is 6.20 Å². The highest BCUT2D eigenvalue weighted by Gasteiger charge is 2.37. The lowest BCUT2D eigenvalue weighted by molar-refractivity contribution is -0.139. The van der Waals surface area contributed by atoms with Crippen LogP contribution in [0.3, 0.4) is 0 Å². The molecule has 2 aromatic rings. The van der Waals surface area contributed by atoms with Gasteiger partial charge in [-0.1, -0.05) is 41.6 Å². The number of nitrogens with zero attached hydrogens (tertiary/aromatic N) is 2. The summed E-state index contributed by atoms with van der Waals surface area (Å²) in [5.74, 6) is 1.41. The maximum atomic E-state index is 12.9. The fourth-order valence-corrected chi connectivity index (χ4v) is 4.83. The first-order valence-corrected chi connectivity index (χ1v) is 12.6. The van der Waals surface area contributed by atoms with E-state index in [1.807, 2.05) is 66.8 Å². The molecular formula is C26H27ClN2O5S. The van der Waals surface area contributed by atoms with E-state index in [-0.39, 0.29) is 18.6 Å². The maximum absolute atomic E-state index is 12.9. The van der Waals surface area contributed by atoms with Gasteiger partial charge < -0.3 is 23.8 Å². The number of halogens is 1. The van der Waals surface area contributed by atoms with Crippen molar-refractivity contribution in [3.63, 3.8) is 0 Å². The zero-order valence-electron chi connectivity index (χ0n) is 19.8. The number of hydrogen-bond donors (Lipinski definition) is 0. The Balaban J connectivity index is 1.56. The Morgan fingerprint density at radius 2 is 1.80 bits per heavy atom. The summed E-state index contributed by atoms with van der Waals surface area (Å²) in [7, 11) is 0. The molecule has 0 saturated carbocycles. The van der Waals surface area contributed by atoms with Crippen molar-refractivity contribution in [2.75, 3.05) is 26.4 Å². The number of ether oxygens (including phenoxy) is 4. The summed E-state index contributed by atoms with van der Waals surface area (Å²) in [5.41, 5.74) is 2.02. The summed E-state index contributed by atoms with van der Waals surface area (Å²) in [6, 6.07) is 12.6. The van der Waals surface area contributed by atoms with Crippen LogP contribution in [0.4, 0.5) is 0 Å². The van der Waals surface area contributed by atoms with E-state index in [4.69, 9.17) is 30.5 Å². The summed E-state index contributed by atoms with van der Waals surface area (Å²) >= 11 is 7.65. The van der Waals surface area contributed by atoms with Crippen LogP contribution >= 0.6 is 23.4 Å². The van der Waals surface area contributed by atoms with E-state index in [0.29, 0.717) is 53.4 Å². The number of amidine groups is 1. The summed E-state index contributed by atoms with van der Waals surface area (Å²) < 4.78 is 22.9. The van der Waals surface area contributed by atoms with Crippen LogP contribution in [-0.2, 0) is 9.53 Å². The Hall–Kier alpha value is -3.10. The van der Waals surface area contributed by atoms with Gasteiger partial charge in [0.15, 0.2) is 16.7 Å². The third-order valence-corrected chi connectivity index (χ3v) is 6.42. The Labute approximate surface area is 214 Å². The highest BCUT2D eigenvalue weighted by Crippen LogP contribution is 2.43. The summed E-state index contributed by atoms with van der Waals surface area (Å²) in [5, 5.41) is 3.32. The zero-order valence-corrected chi connectivity index (χ0v) is 21.4. The van der Waals surface area contributed by atoms with Crippen molar-refractivity contribution in [1.29, 1.82) is 0 Å². The Morgan fingerprint density at radius 1 is 1.03 bits per heavy atom. The van der Waals surface area contributed by atoms with Gasteiger partial charge in [-0.05, 0) is 56.0 Å². The first-order chi connectivity index (χ1) is 17.0. The second kappa shape index (κ2) is 11.6. The molecule has 1 atom stereocenters. The van der Waals surface area contributed by atoms with Gasteiger partial charge in [0.1, 0.15) is 19.0 Å². The Bertz CT molecular complexity index is 1180. The van der Waals surface area contributed by atoms with Gasteiger partial charge in [0.25, 0.3) is 0 Å². The van der Waals surface area contributed by atoms with Crippen molar-refractivity contribution in [1.82, 2.24) is 4.90 Å². The van der Waals surface area contributed by atoms with Crippen molar-refractivity contribution in [3.05, 3.63) is 75.9 Å². The van der Waals surface area contributed by atoms with Gasteiger partial charge >= 0.3 is 5.97 Å². The van der Waals surface area contributed by atoms with E-state index in [0.717, 1.165) is 10.7 Å². The molecule has 184 valence electrons. The number of thioether (sulfide) groups is 1. The first kappa shape index (κ1) is 25.0. The molecular weight excluding hydrogens is 488 g/mol. The molecule has 0 radical (unpaired) electrons. The van der Waals surface area contributed by atoms with Crippen LogP contribution in [0.25, 0.3) is 0 Å². The third-order valence-electron chi connectivity index (χ3n) is 5.33. The highest BCUT2D eigenvalue weighted by molar-refractivity contribution is 8.16. The standard InChI is InChI=1S/C26H27ClN2O5S/c1-4-31-22-16-18(10-11-21(22)34-14-13-33-20-9-7-6-8-19(20)27)24-23(25(30)32-5-2)17(3)28-26-29(24)12-15-35-26/h6-12,15-16,24H,4-5,13-14H2,1-3H3/t24-/m0/s1. The topological polar surface area (TPSA) is 69.6 Å². The Kier molecular flexibility index (Phi) is 8.25. The molecule has 0 unspecified atom stereocenters. The summed E-state index contributed by atoms with van der Waals surface area (Å²) in [4.78, 5) is 19.5. The second-order valence-corrected chi connectivity index (χ2v) is 8.87. The van der Waals surface area contributed by atoms with E-state index in [2.05, 4.69) is 4.99 Å². The molecule has 9 heteroatoms. The van der Waals surface area contributed by atoms with Gasteiger partial charge in [-0.3, -0.25) is 0 Å². The van der Waals surface area contributed by atoms with Gasteiger partial charge in [0.2, 0.25) is 0 Å². The van der Waals surface area contributed by atoms with Crippen molar-refractivity contribution in [3.8, 4) is 17.2 Å². The third kappa shape index (κ3) is 5.60. The largest absolute Gasteiger partial charge is 0.490 e. The molecule has 0 fully saturated rings. The number of rotatable bonds is 10. The van der Waals surface area contributed by atoms with Gasteiger partial charge in [-0.15, -0.1) is 0 Å². The van der Waals surface area contributed by atoms with Gasteiger partial charge in [0.05, 0.1) is 35.5 Å². The van der Waals surface area contributed by atoms with E-state index in [1.165, 1.54) is 11.8 Å². The molecule has 4 rings (SSSR count). The van der Waals surface area contributed by atoms with Gasteiger partial charge in [-0.25, -0.2) is 9.79 Å². The molecule has 2 aliphatic heterocycles. The minimum Gasteiger partial charge on any atom is -0.490 e. The van der Waals surface area contributed by atoms with Gasteiger partial charge in [-0.2, -0.15) is 0 Å². The molecule has 2 aliphatic rings. The number of para-hydroxylation sites is 1. The lowest BCUT2D eigenvalue weighted by atomic mass is 9.94. The van der Waals surface area contributed by atoms with Crippen LogP contribution < -0.4 is 14.2 Å². The van der Waals surface area contributed by atoms with Crippen LogP contribution in [0.5, 0.6) is 17.2 Å². The molecule has 2 heterocycles. The second-order valence-electron chi connectivity index (χ2n) is 7.59. The number of allylic oxidation sites excluding steroid dienone is 1. The van der Waals surface area contributed by atoms with Crippen molar-refractivity contribution in [2.24, 2.45) is 4.99 Å². The van der Waals surface area contributed by atoms with E-state index in [9.17, 15) is 4.79 Å². The molecule has 35 heavy (non-hydrogen) atoms. The monoisotopic (exact) mass is 514 g/mol. The summed E-state index contributed by atoms with van der Waals surface area (Å²) in [6.07, 6.45) is 1.93. The quantitative estimate of drug-likeness (QED) is 0.286. The van der Waals surface area contributed by atoms with E-state index in [1.54, 1.807) is 13.0 Å². The number of fused-ring (bicyclic) bond motifs is 1.